The van der Waals surface area contributed by atoms with Gasteiger partial charge in [-0.25, -0.2) is 9.00 Å². The number of carboxylic acids is 1. The molecule has 0 saturated heterocycles. The number of aliphatic carboxylic acids is 1. The van der Waals surface area contributed by atoms with Crippen LogP contribution in [0.5, 0.6) is 0 Å². The lowest BCUT2D eigenvalue weighted by Gasteiger charge is -2.24. The van der Waals surface area contributed by atoms with Crippen molar-refractivity contribution in [1.82, 2.24) is 0 Å². The largest absolute Gasteiger partial charge is 0.480 e. The molecule has 1 aromatic heterocycles. The second kappa shape index (κ2) is 10.4. The normalized spacial score (nSPS) is 12.8. The van der Waals surface area contributed by atoms with Crippen LogP contribution < -0.4 is 4.31 Å². The zero-order chi connectivity index (χ0) is 25.9. The maximum absolute atomic E-state index is 11.8. The van der Waals surface area contributed by atoms with Crippen molar-refractivity contribution in [3.63, 3.8) is 0 Å². The predicted molar refractivity (Wildman–Crippen MR) is 147 cm³/mol. The number of benzene rings is 4. The number of carbonyl (C=O) groups is 1. The summed E-state index contributed by atoms with van der Waals surface area (Å²) >= 11 is -2.46. The van der Waals surface area contributed by atoms with Crippen molar-refractivity contribution in [1.29, 1.82) is 0 Å². The zero-order valence-electron chi connectivity index (χ0n) is 20.1. The van der Waals surface area contributed by atoms with Gasteiger partial charge in [-0.2, -0.15) is 0 Å². The Kier molecular flexibility index (Phi) is 6.90. The van der Waals surface area contributed by atoms with Gasteiger partial charge in [0, 0.05) is 17.4 Å². The Bertz CT molecular complexity index is 1560. The first-order chi connectivity index (χ1) is 17.9. The average molecular weight is 512 g/mol. The Hall–Kier alpha value is -4.20. The highest BCUT2D eigenvalue weighted by molar-refractivity contribution is 7.80. The quantitative estimate of drug-likeness (QED) is 0.224. The minimum atomic E-state index is -2.46. The van der Waals surface area contributed by atoms with Gasteiger partial charge in [0.25, 0.3) is 11.3 Å². The molecular formula is C30H25NO5S. The molecule has 2 atom stereocenters. The molecule has 0 aliphatic carbocycles. The molecule has 0 aliphatic heterocycles. The van der Waals surface area contributed by atoms with Gasteiger partial charge in [0.05, 0.1) is 5.69 Å². The second-order valence-electron chi connectivity index (χ2n) is 8.75. The fourth-order valence-corrected chi connectivity index (χ4v) is 5.16. The zero-order valence-corrected chi connectivity index (χ0v) is 20.9. The van der Waals surface area contributed by atoms with E-state index >= 15 is 0 Å². The van der Waals surface area contributed by atoms with E-state index in [1.54, 1.807) is 12.1 Å². The minimum Gasteiger partial charge on any atom is -0.480 e. The Morgan fingerprint density at radius 2 is 1.41 bits per heavy atom. The first kappa shape index (κ1) is 24.5. The lowest BCUT2D eigenvalue weighted by molar-refractivity contribution is -0.137. The topological polar surface area (TPSA) is 91.0 Å². The fraction of sp³-hybridized carbons (Fsp3) is 0.100. The van der Waals surface area contributed by atoms with Gasteiger partial charge in [-0.15, -0.1) is 0 Å². The number of carboxylic acid groups (broad SMARTS) is 1. The second-order valence-corrected chi connectivity index (χ2v) is 9.61. The van der Waals surface area contributed by atoms with Crippen LogP contribution in [0, 0.1) is 0 Å². The Morgan fingerprint density at radius 1 is 0.838 bits per heavy atom. The molecule has 2 N–H and O–H groups in total. The SMILES string of the molecule is CC(C(=O)O)N(c1ccc(-c2ccc(-c3c(Cc4ccccc4)oc4ccccc34)cc2)cc1)S(=O)O. The van der Waals surface area contributed by atoms with Crippen LogP contribution >= 0.6 is 0 Å². The summed E-state index contributed by atoms with van der Waals surface area (Å²) in [6.07, 6.45) is 0.686. The highest BCUT2D eigenvalue weighted by Crippen LogP contribution is 2.37. The summed E-state index contributed by atoms with van der Waals surface area (Å²) in [5, 5.41) is 10.3. The predicted octanol–water partition coefficient (Wildman–Crippen LogP) is 6.77. The number of para-hydroxylation sites is 1. The molecule has 5 rings (SSSR count). The highest BCUT2D eigenvalue weighted by Gasteiger charge is 2.25. The summed E-state index contributed by atoms with van der Waals surface area (Å²) in [5.41, 5.74) is 6.38. The molecule has 0 aliphatic rings. The molecular weight excluding hydrogens is 486 g/mol. The van der Waals surface area contributed by atoms with E-state index in [9.17, 15) is 18.7 Å². The van der Waals surface area contributed by atoms with Crippen LogP contribution in [0.2, 0.25) is 0 Å². The van der Waals surface area contributed by atoms with Crippen molar-refractivity contribution >= 4 is 33.9 Å². The third-order valence-electron chi connectivity index (χ3n) is 6.38. The molecule has 1 heterocycles. The van der Waals surface area contributed by atoms with E-state index in [1.807, 2.05) is 60.7 Å². The van der Waals surface area contributed by atoms with E-state index in [0.29, 0.717) is 12.1 Å². The lowest BCUT2D eigenvalue weighted by Crippen LogP contribution is -2.40. The number of rotatable bonds is 8. The van der Waals surface area contributed by atoms with Crippen molar-refractivity contribution in [2.45, 2.75) is 19.4 Å². The molecule has 6 nitrogen and oxygen atoms in total. The van der Waals surface area contributed by atoms with Gasteiger partial charge in [0.15, 0.2) is 0 Å². The van der Waals surface area contributed by atoms with Gasteiger partial charge in [-0.3, -0.25) is 8.86 Å². The standard InChI is InChI=1S/C30H25NO5S/c1-20(30(32)33)31(37(34)35)25-17-15-23(16-18-25)22-11-13-24(14-12-22)29-26-9-5-6-10-27(26)36-28(29)19-21-7-3-2-4-8-21/h2-18,20H,19H2,1H3,(H,32,33)(H,34,35). The molecule has 186 valence electrons. The molecule has 0 amide bonds. The van der Waals surface area contributed by atoms with Gasteiger partial charge in [0.1, 0.15) is 17.4 Å². The van der Waals surface area contributed by atoms with E-state index in [-0.39, 0.29) is 0 Å². The number of nitrogens with zero attached hydrogens (tertiary/aromatic N) is 1. The van der Waals surface area contributed by atoms with Gasteiger partial charge in [-0.05, 0) is 47.4 Å². The molecule has 0 saturated carbocycles. The van der Waals surface area contributed by atoms with Gasteiger partial charge in [-0.1, -0.05) is 84.9 Å². The summed E-state index contributed by atoms with van der Waals surface area (Å²) in [5.74, 6) is -0.269. The van der Waals surface area contributed by atoms with Gasteiger partial charge >= 0.3 is 5.97 Å². The highest BCUT2D eigenvalue weighted by atomic mass is 32.2. The van der Waals surface area contributed by atoms with Crippen molar-refractivity contribution in [2.24, 2.45) is 0 Å². The Balaban J connectivity index is 1.46. The summed E-state index contributed by atoms with van der Waals surface area (Å²) in [7, 11) is 0. The summed E-state index contributed by atoms with van der Waals surface area (Å²) < 4.78 is 28.6. The molecule has 4 aromatic carbocycles. The molecule has 7 heteroatoms. The third-order valence-corrected chi connectivity index (χ3v) is 7.25. The van der Waals surface area contributed by atoms with Crippen LogP contribution in [0.3, 0.4) is 0 Å². The van der Waals surface area contributed by atoms with Gasteiger partial charge in [0.2, 0.25) is 0 Å². The number of hydrogen-bond acceptors (Lipinski definition) is 3. The number of hydrogen-bond donors (Lipinski definition) is 2. The van der Waals surface area contributed by atoms with Crippen molar-refractivity contribution < 1.29 is 23.1 Å². The van der Waals surface area contributed by atoms with Gasteiger partial charge < -0.3 is 9.52 Å². The number of fused-ring (bicyclic) bond motifs is 1. The molecule has 0 spiro atoms. The molecule has 0 radical (unpaired) electrons. The lowest BCUT2D eigenvalue weighted by atomic mass is 9.96. The summed E-state index contributed by atoms with van der Waals surface area (Å²) in [6.45, 7) is 1.37. The molecule has 37 heavy (non-hydrogen) atoms. The summed E-state index contributed by atoms with van der Waals surface area (Å²) in [4.78, 5) is 11.4. The average Bonchev–Trinajstić information content (AvgIpc) is 3.27. The summed E-state index contributed by atoms with van der Waals surface area (Å²) in [6, 6.07) is 32.2. The molecule has 0 bridgehead atoms. The third kappa shape index (κ3) is 5.05. The first-order valence-electron chi connectivity index (χ1n) is 11.8. The monoisotopic (exact) mass is 511 g/mol. The first-order valence-corrected chi connectivity index (χ1v) is 12.9. The Morgan fingerprint density at radius 3 is 2.03 bits per heavy atom. The van der Waals surface area contributed by atoms with E-state index in [0.717, 1.165) is 43.3 Å². The maximum atomic E-state index is 11.8. The van der Waals surface area contributed by atoms with E-state index < -0.39 is 23.3 Å². The van der Waals surface area contributed by atoms with Crippen LogP contribution in [0.15, 0.2) is 108 Å². The van der Waals surface area contributed by atoms with Crippen molar-refractivity contribution in [3.8, 4) is 22.3 Å². The van der Waals surface area contributed by atoms with Crippen molar-refractivity contribution in [2.75, 3.05) is 4.31 Å². The fourth-order valence-electron chi connectivity index (χ4n) is 4.50. The van der Waals surface area contributed by atoms with E-state index in [2.05, 4.69) is 30.3 Å². The maximum Gasteiger partial charge on any atom is 0.327 e. The van der Waals surface area contributed by atoms with Crippen LogP contribution in [-0.2, 0) is 22.5 Å². The number of anilines is 1. The van der Waals surface area contributed by atoms with E-state index in [1.165, 1.54) is 12.5 Å². The minimum absolute atomic E-state index is 0.353. The number of furan rings is 1. The van der Waals surface area contributed by atoms with Crippen LogP contribution in [-0.4, -0.2) is 25.9 Å². The molecule has 5 aromatic rings. The van der Waals surface area contributed by atoms with Crippen LogP contribution in [0.4, 0.5) is 5.69 Å². The van der Waals surface area contributed by atoms with E-state index in [4.69, 9.17) is 4.42 Å². The molecule has 0 fully saturated rings. The molecule has 2 unspecified atom stereocenters. The van der Waals surface area contributed by atoms with Crippen LogP contribution in [0.25, 0.3) is 33.2 Å². The van der Waals surface area contributed by atoms with Crippen molar-refractivity contribution in [3.05, 3.63) is 114 Å². The smallest absolute Gasteiger partial charge is 0.327 e. The Labute approximate surface area is 217 Å². The van der Waals surface area contributed by atoms with Crippen LogP contribution in [0.1, 0.15) is 18.2 Å².